The van der Waals surface area contributed by atoms with E-state index in [2.05, 4.69) is 36.3 Å². The number of hydrogen-bond donors (Lipinski definition) is 2. The van der Waals surface area contributed by atoms with Crippen LogP contribution in [0.1, 0.15) is 26.0 Å². The van der Waals surface area contributed by atoms with E-state index in [9.17, 15) is 0 Å². The summed E-state index contributed by atoms with van der Waals surface area (Å²) in [5.41, 5.74) is 1.32. The van der Waals surface area contributed by atoms with Crippen molar-refractivity contribution in [1.82, 2.24) is 10.3 Å². The Morgan fingerprint density at radius 2 is 2.36 bits per heavy atom. The minimum atomic E-state index is 0.0962. The zero-order chi connectivity index (χ0) is 10.4. The Labute approximate surface area is 85.1 Å². The number of hydrogen-bond acceptors (Lipinski definition) is 2. The van der Waals surface area contributed by atoms with E-state index in [0.29, 0.717) is 6.42 Å². The molecule has 0 aliphatic rings. The first-order valence-corrected chi connectivity index (χ1v) is 4.88. The Morgan fingerprint density at radius 3 is 2.93 bits per heavy atom. The number of rotatable bonds is 5. The Hall–Kier alpha value is -1.27. The van der Waals surface area contributed by atoms with Crippen LogP contribution in [0.3, 0.4) is 0 Å². The molecule has 0 saturated heterocycles. The molecule has 0 atom stereocenters. The topological polar surface area (TPSA) is 51.6 Å². The fraction of sp³-hybridized carbons (Fsp3) is 0.545. The van der Waals surface area contributed by atoms with Gasteiger partial charge in [-0.25, -0.2) is 0 Å². The molecule has 0 fully saturated rings. The van der Waals surface area contributed by atoms with Crippen LogP contribution in [0.2, 0.25) is 0 Å². The molecule has 0 aliphatic carbocycles. The monoisotopic (exact) mass is 191 g/mol. The molecule has 1 rings (SSSR count). The molecule has 3 heteroatoms. The summed E-state index contributed by atoms with van der Waals surface area (Å²) in [6.07, 6.45) is 2.51. The van der Waals surface area contributed by atoms with Gasteiger partial charge in [0, 0.05) is 36.8 Å². The van der Waals surface area contributed by atoms with Gasteiger partial charge in [-0.1, -0.05) is 13.8 Å². The summed E-state index contributed by atoms with van der Waals surface area (Å²) in [6.45, 7) is 6.01. The average Bonchev–Trinajstić information content (AvgIpc) is 2.65. The Kier molecular flexibility index (Phi) is 3.73. The molecule has 2 N–H and O–H groups in total. The van der Waals surface area contributed by atoms with Crippen LogP contribution < -0.4 is 5.32 Å². The minimum absolute atomic E-state index is 0.0962. The molecule has 0 bridgehead atoms. The van der Waals surface area contributed by atoms with Crippen molar-refractivity contribution in [1.29, 1.82) is 5.26 Å². The highest BCUT2D eigenvalue weighted by Gasteiger charge is 2.20. The van der Waals surface area contributed by atoms with E-state index in [-0.39, 0.29) is 5.41 Å². The zero-order valence-corrected chi connectivity index (χ0v) is 8.80. The van der Waals surface area contributed by atoms with Gasteiger partial charge in [-0.05, 0) is 12.1 Å². The second-order valence-corrected chi connectivity index (χ2v) is 4.05. The number of nitrogens with zero attached hydrogens (tertiary/aromatic N) is 1. The van der Waals surface area contributed by atoms with Crippen LogP contribution >= 0.6 is 0 Å². The summed E-state index contributed by atoms with van der Waals surface area (Å²) >= 11 is 0. The fourth-order valence-electron chi connectivity index (χ4n) is 1.39. The smallest absolute Gasteiger partial charge is 0.0635 e. The van der Waals surface area contributed by atoms with Crippen molar-refractivity contribution in [3.05, 3.63) is 24.0 Å². The molecule has 3 nitrogen and oxygen atoms in total. The Morgan fingerprint density at radius 1 is 1.57 bits per heavy atom. The van der Waals surface area contributed by atoms with Crippen LogP contribution in [0.5, 0.6) is 0 Å². The molecule has 76 valence electrons. The summed E-state index contributed by atoms with van der Waals surface area (Å²) in [4.78, 5) is 3.21. The summed E-state index contributed by atoms with van der Waals surface area (Å²) in [5, 5.41) is 11.7. The molecule has 0 amide bonds. The SMILES string of the molecule is CC(C)(CNCCC#N)c1ccc[nH]1. The van der Waals surface area contributed by atoms with Crippen LogP contribution in [-0.4, -0.2) is 18.1 Å². The highest BCUT2D eigenvalue weighted by atomic mass is 14.9. The summed E-state index contributed by atoms with van der Waals surface area (Å²) < 4.78 is 0. The number of nitriles is 1. The van der Waals surface area contributed by atoms with E-state index in [1.54, 1.807) is 0 Å². The zero-order valence-electron chi connectivity index (χ0n) is 8.80. The van der Waals surface area contributed by atoms with E-state index in [1.165, 1.54) is 5.69 Å². The Bertz CT molecular complexity index is 293. The van der Waals surface area contributed by atoms with Gasteiger partial charge in [0.15, 0.2) is 0 Å². The molecule has 1 aromatic heterocycles. The number of aromatic amines is 1. The molecule has 0 unspecified atom stereocenters. The van der Waals surface area contributed by atoms with Gasteiger partial charge < -0.3 is 10.3 Å². The largest absolute Gasteiger partial charge is 0.365 e. The maximum atomic E-state index is 8.38. The second-order valence-electron chi connectivity index (χ2n) is 4.05. The third-order valence-electron chi connectivity index (χ3n) is 2.31. The maximum absolute atomic E-state index is 8.38. The molecule has 0 aromatic carbocycles. The first-order chi connectivity index (χ1) is 6.67. The lowest BCUT2D eigenvalue weighted by atomic mass is 9.89. The highest BCUT2D eigenvalue weighted by molar-refractivity contribution is 5.15. The van der Waals surface area contributed by atoms with Gasteiger partial charge in [0.05, 0.1) is 6.07 Å². The fourth-order valence-corrected chi connectivity index (χ4v) is 1.39. The third kappa shape index (κ3) is 2.90. The lowest BCUT2D eigenvalue weighted by Gasteiger charge is -2.23. The van der Waals surface area contributed by atoms with E-state index in [1.807, 2.05) is 12.3 Å². The van der Waals surface area contributed by atoms with E-state index in [0.717, 1.165) is 13.1 Å². The molecular formula is C11H17N3. The van der Waals surface area contributed by atoms with Gasteiger partial charge in [-0.2, -0.15) is 5.26 Å². The van der Waals surface area contributed by atoms with Crippen molar-refractivity contribution in [2.24, 2.45) is 0 Å². The highest BCUT2D eigenvalue weighted by Crippen LogP contribution is 2.19. The average molecular weight is 191 g/mol. The van der Waals surface area contributed by atoms with Crippen molar-refractivity contribution in [3.63, 3.8) is 0 Å². The minimum Gasteiger partial charge on any atom is -0.365 e. The second kappa shape index (κ2) is 4.83. The van der Waals surface area contributed by atoms with Crippen LogP contribution in [0.15, 0.2) is 18.3 Å². The van der Waals surface area contributed by atoms with Crippen molar-refractivity contribution >= 4 is 0 Å². The Balaban J connectivity index is 2.39. The predicted octanol–water partition coefficient (Wildman–Crippen LogP) is 1.80. The van der Waals surface area contributed by atoms with Gasteiger partial charge in [0.1, 0.15) is 0 Å². The van der Waals surface area contributed by atoms with E-state index < -0.39 is 0 Å². The standard InChI is InChI=1S/C11H17N3/c1-11(2,9-13-7-4-6-12)10-5-3-8-14-10/h3,5,8,13-14H,4,7,9H2,1-2H3. The van der Waals surface area contributed by atoms with Crippen molar-refractivity contribution in [2.45, 2.75) is 25.7 Å². The quantitative estimate of drug-likeness (QED) is 0.697. The molecule has 0 radical (unpaired) electrons. The van der Waals surface area contributed by atoms with Gasteiger partial charge in [-0.15, -0.1) is 0 Å². The number of nitrogens with one attached hydrogen (secondary N) is 2. The lowest BCUT2D eigenvalue weighted by molar-refractivity contribution is 0.463. The molecule has 0 aliphatic heterocycles. The van der Waals surface area contributed by atoms with Gasteiger partial charge >= 0.3 is 0 Å². The molecule has 1 aromatic rings. The summed E-state index contributed by atoms with van der Waals surface area (Å²) in [6, 6.07) is 6.21. The number of H-pyrrole nitrogens is 1. The third-order valence-corrected chi connectivity index (χ3v) is 2.31. The molecular weight excluding hydrogens is 174 g/mol. The van der Waals surface area contributed by atoms with E-state index in [4.69, 9.17) is 5.26 Å². The number of aromatic nitrogens is 1. The molecule has 0 saturated carbocycles. The van der Waals surface area contributed by atoms with Crippen LogP contribution in [-0.2, 0) is 5.41 Å². The van der Waals surface area contributed by atoms with Gasteiger partial charge in [0.25, 0.3) is 0 Å². The van der Waals surface area contributed by atoms with Crippen LogP contribution in [0.25, 0.3) is 0 Å². The van der Waals surface area contributed by atoms with Crippen LogP contribution in [0.4, 0.5) is 0 Å². The summed E-state index contributed by atoms with van der Waals surface area (Å²) in [7, 11) is 0. The van der Waals surface area contributed by atoms with Crippen molar-refractivity contribution in [3.8, 4) is 6.07 Å². The summed E-state index contributed by atoms with van der Waals surface area (Å²) in [5.74, 6) is 0. The van der Waals surface area contributed by atoms with Gasteiger partial charge in [0.2, 0.25) is 0 Å². The van der Waals surface area contributed by atoms with Crippen molar-refractivity contribution < 1.29 is 0 Å². The lowest BCUT2D eigenvalue weighted by Crippen LogP contribution is -2.33. The van der Waals surface area contributed by atoms with Gasteiger partial charge in [-0.3, -0.25) is 0 Å². The molecule has 14 heavy (non-hydrogen) atoms. The first-order valence-electron chi connectivity index (χ1n) is 4.88. The molecule has 1 heterocycles. The maximum Gasteiger partial charge on any atom is 0.0635 e. The van der Waals surface area contributed by atoms with Crippen molar-refractivity contribution in [2.75, 3.05) is 13.1 Å². The molecule has 0 spiro atoms. The van der Waals surface area contributed by atoms with E-state index >= 15 is 0 Å². The normalized spacial score (nSPS) is 11.2. The first kappa shape index (κ1) is 10.8. The van der Waals surface area contributed by atoms with Crippen LogP contribution in [0, 0.1) is 11.3 Å². The predicted molar refractivity (Wildman–Crippen MR) is 56.9 cm³/mol.